The van der Waals surface area contributed by atoms with Gasteiger partial charge in [-0.05, 0) is 110 Å². The lowest BCUT2D eigenvalue weighted by Crippen LogP contribution is -2.47. The van der Waals surface area contributed by atoms with E-state index in [9.17, 15) is 9.90 Å². The minimum Gasteiger partial charge on any atom is -0.497 e. The molecule has 0 spiro atoms. The van der Waals surface area contributed by atoms with Crippen molar-refractivity contribution in [3.63, 3.8) is 0 Å². The van der Waals surface area contributed by atoms with Crippen molar-refractivity contribution in [3.05, 3.63) is 119 Å². The fraction of sp³-hybridized carbons (Fsp3) is 0.528. The SMILES string of the molecule is C=C/C=C\[C@H](C)[C@H](OCc1ccc(OC)cc1)[C@@H](C)[C@H](O)[C@H](C/C(C)=C\[C@H](C)[C@@H](O[Si](C)(C)C(C)(C)C)[C@@H](C)COCc1ccc(OC)cc1)C(=O)Oc1c(C)cc(OC)cc1C. The van der Waals surface area contributed by atoms with Crippen molar-refractivity contribution in [3.8, 4) is 23.0 Å². The van der Waals surface area contributed by atoms with Gasteiger partial charge in [-0.1, -0.05) is 109 Å². The van der Waals surface area contributed by atoms with E-state index in [2.05, 4.69) is 67.3 Å². The third-order valence-corrected chi connectivity index (χ3v) is 17.0. The van der Waals surface area contributed by atoms with Gasteiger partial charge in [-0.15, -0.1) is 0 Å². The predicted molar refractivity (Wildman–Crippen MR) is 258 cm³/mol. The van der Waals surface area contributed by atoms with Gasteiger partial charge in [-0.3, -0.25) is 4.79 Å². The highest BCUT2D eigenvalue weighted by molar-refractivity contribution is 6.74. The van der Waals surface area contributed by atoms with Gasteiger partial charge in [0.1, 0.15) is 23.0 Å². The minimum absolute atomic E-state index is 0.00972. The summed E-state index contributed by atoms with van der Waals surface area (Å²) in [5, 5.41) is 12.5. The molecule has 0 aliphatic rings. The number of carbonyl (C=O) groups is 1. The topological polar surface area (TPSA) is 102 Å². The molecule has 3 rings (SSSR count). The molecule has 0 unspecified atom stereocenters. The number of aliphatic hydroxyl groups excluding tert-OH is 1. The van der Waals surface area contributed by atoms with Gasteiger partial charge in [0.25, 0.3) is 0 Å². The second-order valence-corrected chi connectivity index (χ2v) is 23.6. The molecule has 9 nitrogen and oxygen atoms in total. The predicted octanol–water partition coefficient (Wildman–Crippen LogP) is 12.0. The van der Waals surface area contributed by atoms with Crippen molar-refractivity contribution in [2.24, 2.45) is 29.6 Å². The van der Waals surface area contributed by atoms with E-state index in [0.29, 0.717) is 31.3 Å². The van der Waals surface area contributed by atoms with Gasteiger partial charge >= 0.3 is 5.97 Å². The number of carbonyl (C=O) groups excluding carboxylic acids is 1. The fourth-order valence-corrected chi connectivity index (χ4v) is 9.21. The zero-order chi connectivity index (χ0) is 47.1. The van der Waals surface area contributed by atoms with Crippen LogP contribution in [0.5, 0.6) is 23.0 Å². The Kier molecular flexibility index (Phi) is 20.9. The first-order valence-corrected chi connectivity index (χ1v) is 25.2. The van der Waals surface area contributed by atoms with Gasteiger partial charge in [-0.2, -0.15) is 0 Å². The number of allylic oxidation sites excluding steroid dienone is 3. The number of aliphatic hydroxyl groups is 1. The molecule has 0 saturated carbocycles. The number of esters is 1. The zero-order valence-corrected chi connectivity index (χ0v) is 42.0. The van der Waals surface area contributed by atoms with Crippen LogP contribution < -0.4 is 18.9 Å². The quantitative estimate of drug-likeness (QED) is 0.0293. The van der Waals surface area contributed by atoms with Crippen LogP contribution in [0.3, 0.4) is 0 Å². The maximum atomic E-state index is 14.6. The number of methoxy groups -OCH3 is 3. The van der Waals surface area contributed by atoms with Gasteiger partial charge in [-0.25, -0.2) is 0 Å². The molecule has 3 aromatic rings. The summed E-state index contributed by atoms with van der Waals surface area (Å²) in [5.74, 6) is 0.685. The fourth-order valence-electron chi connectivity index (χ4n) is 7.73. The summed E-state index contributed by atoms with van der Waals surface area (Å²) >= 11 is 0. The van der Waals surface area contributed by atoms with Crippen molar-refractivity contribution < 1.29 is 42.7 Å². The van der Waals surface area contributed by atoms with Crippen LogP contribution in [0.25, 0.3) is 0 Å². The molecule has 0 saturated heterocycles. The number of aryl methyl sites for hydroxylation is 2. The lowest BCUT2D eigenvalue weighted by Gasteiger charge is -2.42. The van der Waals surface area contributed by atoms with E-state index in [1.54, 1.807) is 27.4 Å². The Bertz CT molecular complexity index is 1910. The van der Waals surface area contributed by atoms with E-state index < -0.39 is 38.3 Å². The van der Waals surface area contributed by atoms with Gasteiger partial charge < -0.3 is 38.0 Å². The molecule has 0 fully saturated rings. The third-order valence-electron chi connectivity index (χ3n) is 12.5. The van der Waals surface area contributed by atoms with Crippen molar-refractivity contribution in [1.29, 1.82) is 0 Å². The van der Waals surface area contributed by atoms with Crippen LogP contribution in [-0.4, -0.2) is 65.6 Å². The lowest BCUT2D eigenvalue weighted by atomic mass is 9.80. The van der Waals surface area contributed by atoms with Crippen LogP contribution in [0.1, 0.15) is 84.1 Å². The summed E-state index contributed by atoms with van der Waals surface area (Å²) in [7, 11) is 2.68. The van der Waals surface area contributed by atoms with E-state index in [-0.39, 0.29) is 35.3 Å². The molecule has 0 radical (unpaired) electrons. The highest BCUT2D eigenvalue weighted by Gasteiger charge is 2.42. The van der Waals surface area contributed by atoms with Crippen molar-refractivity contribution >= 4 is 14.3 Å². The Morgan fingerprint density at radius 2 is 1.32 bits per heavy atom. The number of hydrogen-bond acceptors (Lipinski definition) is 9. The van der Waals surface area contributed by atoms with Crippen LogP contribution >= 0.6 is 0 Å². The van der Waals surface area contributed by atoms with Crippen LogP contribution in [0, 0.1) is 43.4 Å². The Morgan fingerprint density at radius 3 is 1.81 bits per heavy atom. The third kappa shape index (κ3) is 15.8. The molecule has 0 aliphatic carbocycles. The van der Waals surface area contributed by atoms with Crippen LogP contribution in [0.2, 0.25) is 18.1 Å². The average molecular weight is 887 g/mol. The van der Waals surface area contributed by atoms with E-state index in [4.69, 9.17) is 32.8 Å². The van der Waals surface area contributed by atoms with E-state index in [1.807, 2.05) is 101 Å². The zero-order valence-electron chi connectivity index (χ0n) is 41.0. The summed E-state index contributed by atoms with van der Waals surface area (Å²) in [5.41, 5.74) is 4.51. The van der Waals surface area contributed by atoms with Crippen molar-refractivity contribution in [1.82, 2.24) is 0 Å². The molecular formula is C53H78O9Si. The minimum atomic E-state index is -2.23. The highest BCUT2D eigenvalue weighted by Crippen LogP contribution is 2.40. The standard InChI is InChI=1S/C53H78O9Si/c1-17-18-19-36(3)51(60-34-43-22-26-45(57-13)27-23-43)41(8)48(54)47(52(55)61-49-38(5)30-46(58-14)31-39(49)6)29-35(2)28-37(4)50(62-63(15,16)53(9,10)11)40(7)32-59-33-42-20-24-44(56-12)25-21-42/h17-28,30-31,36-37,40-41,47-48,50-51,54H,1,29,32-34H2,2-16H3/b19-18-,35-28-/t36-,37-,40-,41-,47-,48-,50+,51-/m0/s1. The van der Waals surface area contributed by atoms with Gasteiger partial charge in [0.2, 0.25) is 0 Å². The van der Waals surface area contributed by atoms with Crippen molar-refractivity contribution in [2.45, 2.75) is 125 Å². The molecule has 0 aromatic heterocycles. The Hall–Kier alpha value is -4.19. The summed E-state index contributed by atoms with van der Waals surface area (Å²) in [6.45, 7) is 30.6. The molecule has 8 atom stereocenters. The largest absolute Gasteiger partial charge is 0.497 e. The van der Waals surface area contributed by atoms with Gasteiger partial charge in [0.05, 0.1) is 65.4 Å². The Labute approximate surface area is 381 Å². The van der Waals surface area contributed by atoms with Gasteiger partial charge in [0.15, 0.2) is 8.32 Å². The lowest BCUT2D eigenvalue weighted by molar-refractivity contribution is -0.147. The molecule has 0 bridgehead atoms. The maximum Gasteiger partial charge on any atom is 0.317 e. The maximum absolute atomic E-state index is 14.6. The molecule has 1 N–H and O–H groups in total. The van der Waals surface area contributed by atoms with Gasteiger partial charge in [0, 0.05) is 17.8 Å². The Morgan fingerprint density at radius 1 is 0.794 bits per heavy atom. The molecule has 348 valence electrons. The number of hydrogen-bond donors (Lipinski definition) is 1. The summed E-state index contributed by atoms with van der Waals surface area (Å²) in [6.07, 6.45) is 6.35. The molecule has 0 heterocycles. The van der Waals surface area contributed by atoms with Crippen LogP contribution in [0.4, 0.5) is 0 Å². The van der Waals surface area contributed by atoms with E-state index in [1.165, 1.54) is 0 Å². The number of benzene rings is 3. The average Bonchev–Trinajstić information content (AvgIpc) is 3.24. The molecule has 3 aromatic carbocycles. The normalized spacial score (nSPS) is 16.3. The first-order chi connectivity index (χ1) is 29.7. The second kappa shape index (κ2) is 24.8. The summed E-state index contributed by atoms with van der Waals surface area (Å²) < 4.78 is 42.5. The van der Waals surface area contributed by atoms with E-state index in [0.717, 1.165) is 39.3 Å². The molecule has 10 heteroatoms. The van der Waals surface area contributed by atoms with E-state index >= 15 is 0 Å². The van der Waals surface area contributed by atoms with Crippen molar-refractivity contribution in [2.75, 3.05) is 27.9 Å². The number of rotatable bonds is 25. The Balaban J connectivity index is 2.00. The first-order valence-electron chi connectivity index (χ1n) is 22.3. The molecule has 0 amide bonds. The number of ether oxygens (including phenoxy) is 6. The van der Waals surface area contributed by atoms with Crippen LogP contribution in [-0.2, 0) is 31.9 Å². The second-order valence-electron chi connectivity index (χ2n) is 18.8. The smallest absolute Gasteiger partial charge is 0.317 e. The highest BCUT2D eigenvalue weighted by atomic mass is 28.4. The summed E-state index contributed by atoms with van der Waals surface area (Å²) in [6, 6.07) is 19.3. The molecular weight excluding hydrogens is 809 g/mol. The molecule has 63 heavy (non-hydrogen) atoms. The molecule has 0 aliphatic heterocycles. The van der Waals surface area contributed by atoms with Crippen LogP contribution in [0.15, 0.2) is 97.1 Å². The monoisotopic (exact) mass is 887 g/mol. The summed E-state index contributed by atoms with van der Waals surface area (Å²) in [4.78, 5) is 14.6. The first kappa shape index (κ1) is 53.1.